The van der Waals surface area contributed by atoms with Crippen LogP contribution in [-0.2, 0) is 39.4 Å². The molecule has 6 aliphatic heterocycles. The number of aldehydes is 1. The van der Waals surface area contributed by atoms with Crippen LogP contribution in [-0.4, -0.2) is 171 Å². The van der Waals surface area contributed by atoms with Crippen molar-refractivity contribution in [2.45, 2.75) is 164 Å². The average Bonchev–Trinajstić information content (AvgIpc) is 1.61. The smallest absolute Gasteiger partial charge is 0.305 e. The number of carbonyl (C=O) groups is 3. The maximum absolute atomic E-state index is 11.5. The molecule has 87 heavy (non-hydrogen) atoms. The molecule has 6 heterocycles. The van der Waals surface area contributed by atoms with Gasteiger partial charge in [-0.2, -0.15) is 9.15 Å². The fraction of sp³-hybridized carbons (Fsp3) is 0.569. The first kappa shape index (κ1) is 66.6. The van der Waals surface area contributed by atoms with Crippen molar-refractivity contribution in [2.24, 2.45) is 0 Å². The molecule has 15 heteroatoms. The summed E-state index contributed by atoms with van der Waals surface area (Å²) in [6.07, 6.45) is 12.2. The lowest BCUT2D eigenvalue weighted by molar-refractivity contribution is -0.444. The molecule has 0 aromatic heterocycles. The lowest BCUT2D eigenvalue weighted by Crippen LogP contribution is -2.46. The summed E-state index contributed by atoms with van der Waals surface area (Å²) in [5.41, 5.74) is 16.1. The fourth-order valence-electron chi connectivity index (χ4n) is 13.3. The van der Waals surface area contributed by atoms with Crippen molar-refractivity contribution in [1.29, 1.82) is 0 Å². The number of phenolic OH excluding ortho intramolecular Hbond substituents is 1. The van der Waals surface area contributed by atoms with Gasteiger partial charge in [-0.15, -0.1) is 0 Å². The number of carbonyl (C=O) groups excluding carboxylic acids is 3. The number of nitrogens with zero attached hydrogens (tertiary/aromatic N) is 6. The Morgan fingerprint density at radius 1 is 0.655 bits per heavy atom. The molecule has 15 nitrogen and oxygen atoms in total. The zero-order chi connectivity index (χ0) is 62.3. The van der Waals surface area contributed by atoms with E-state index in [1.165, 1.54) is 61.9 Å². The highest BCUT2D eigenvalue weighted by atomic mass is 16.7. The number of aryl methyl sites for hydroxylation is 2. The SMILES string of the molecule is CCOC(=O)CCCCCN1CCN(c2ccc(C=O)c(O)c2)CC1.CCOC(=O)CCCCCN1CCN(c2ccc3c(c2)OC2CC[N+]4=C(C2=C3)C(C)(C)c2cc(C)ccc24)CC1.CCOC(CC[N+]1=C(C)C(C)(C)c2cc(C)ccc21)OCC. The molecule has 0 spiro atoms. The van der Waals surface area contributed by atoms with Crippen LogP contribution < -0.4 is 14.5 Å². The third-order valence-corrected chi connectivity index (χ3v) is 18.4. The van der Waals surface area contributed by atoms with Crippen molar-refractivity contribution < 1.29 is 52.3 Å². The molecule has 1 atom stereocenters. The molecular weight excluding hydrogens is 1090 g/mol. The van der Waals surface area contributed by atoms with Gasteiger partial charge in [0.1, 0.15) is 17.6 Å². The molecule has 0 radical (unpaired) electrons. The zero-order valence-electron chi connectivity index (χ0n) is 54.5. The van der Waals surface area contributed by atoms with E-state index < -0.39 is 0 Å². The predicted octanol–water partition coefficient (Wildman–Crippen LogP) is 12.5. The Labute approximate surface area is 520 Å². The third kappa shape index (κ3) is 16.7. The Morgan fingerprint density at radius 3 is 1.74 bits per heavy atom. The lowest BCUT2D eigenvalue weighted by Gasteiger charge is -2.37. The molecule has 2 saturated heterocycles. The number of unbranched alkanes of at least 4 members (excludes halogenated alkanes) is 4. The second-order valence-corrected chi connectivity index (χ2v) is 25.1. The van der Waals surface area contributed by atoms with Crippen molar-refractivity contribution in [3.05, 3.63) is 112 Å². The van der Waals surface area contributed by atoms with E-state index >= 15 is 0 Å². The van der Waals surface area contributed by atoms with Gasteiger partial charge in [-0.1, -0.05) is 36.1 Å². The third-order valence-electron chi connectivity index (χ3n) is 18.4. The van der Waals surface area contributed by atoms with Gasteiger partial charge in [-0.25, -0.2) is 0 Å². The number of hydrogen-bond acceptors (Lipinski definition) is 13. The number of rotatable bonds is 24. The first-order valence-corrected chi connectivity index (χ1v) is 32.7. The van der Waals surface area contributed by atoms with Gasteiger partial charge >= 0.3 is 11.9 Å². The lowest BCUT2D eigenvalue weighted by atomic mass is 9.75. The normalized spacial score (nSPS) is 18.3. The van der Waals surface area contributed by atoms with Crippen molar-refractivity contribution in [1.82, 2.24) is 9.80 Å². The fourth-order valence-corrected chi connectivity index (χ4v) is 13.3. The quantitative estimate of drug-likeness (QED) is 0.0235. The maximum atomic E-state index is 11.5. The summed E-state index contributed by atoms with van der Waals surface area (Å²) in [4.78, 5) is 43.3. The molecule has 10 rings (SSSR count). The van der Waals surface area contributed by atoms with E-state index in [4.69, 9.17) is 23.7 Å². The van der Waals surface area contributed by atoms with E-state index in [2.05, 4.69) is 138 Å². The summed E-state index contributed by atoms with van der Waals surface area (Å²) < 4.78 is 33.0. The van der Waals surface area contributed by atoms with Crippen LogP contribution in [0.15, 0.2) is 78.4 Å². The molecule has 472 valence electrons. The molecule has 4 aromatic rings. The molecule has 0 bridgehead atoms. The van der Waals surface area contributed by atoms with Gasteiger partial charge < -0.3 is 38.6 Å². The van der Waals surface area contributed by atoms with E-state index in [-0.39, 0.29) is 40.9 Å². The van der Waals surface area contributed by atoms with Gasteiger partial charge in [0.15, 0.2) is 37.1 Å². The number of aromatic hydroxyl groups is 1. The predicted molar refractivity (Wildman–Crippen MR) is 350 cm³/mol. The van der Waals surface area contributed by atoms with Crippen molar-refractivity contribution in [2.75, 3.05) is 115 Å². The Bertz CT molecular complexity index is 3090. The molecule has 6 aliphatic rings. The summed E-state index contributed by atoms with van der Waals surface area (Å²) in [5, 5.41) is 9.81. The molecule has 0 aliphatic carbocycles. The number of hydrogen-bond donors (Lipinski definition) is 1. The second kappa shape index (κ2) is 31.2. The van der Waals surface area contributed by atoms with Gasteiger partial charge in [0.2, 0.25) is 11.4 Å². The van der Waals surface area contributed by atoms with Crippen LogP contribution in [0.4, 0.5) is 22.7 Å². The molecule has 1 unspecified atom stereocenters. The Hall–Kier alpha value is -6.39. The molecule has 4 aromatic carbocycles. The van der Waals surface area contributed by atoms with E-state index in [0.717, 1.165) is 141 Å². The number of anilines is 2. The van der Waals surface area contributed by atoms with Crippen molar-refractivity contribution >= 4 is 58.5 Å². The highest BCUT2D eigenvalue weighted by molar-refractivity contribution is 6.11. The second-order valence-electron chi connectivity index (χ2n) is 25.1. The van der Waals surface area contributed by atoms with E-state index in [9.17, 15) is 19.5 Å². The topological polar surface area (TPSA) is 137 Å². The van der Waals surface area contributed by atoms with Crippen molar-refractivity contribution in [3.63, 3.8) is 0 Å². The van der Waals surface area contributed by atoms with Gasteiger partial charge in [0, 0.05) is 144 Å². The van der Waals surface area contributed by atoms with Crippen LogP contribution in [0.2, 0.25) is 0 Å². The summed E-state index contributed by atoms with van der Waals surface area (Å²) in [5.74, 6) is 0.897. The van der Waals surface area contributed by atoms with Crippen LogP contribution in [0.5, 0.6) is 11.5 Å². The van der Waals surface area contributed by atoms with Gasteiger partial charge in [-0.05, 0) is 150 Å². The molecule has 1 N–H and O–H groups in total. The van der Waals surface area contributed by atoms with Crippen LogP contribution in [0.3, 0.4) is 0 Å². The minimum absolute atomic E-state index is 0.0345. The van der Waals surface area contributed by atoms with E-state index in [1.807, 2.05) is 33.8 Å². The van der Waals surface area contributed by atoms with Gasteiger partial charge in [-0.3, -0.25) is 24.2 Å². The van der Waals surface area contributed by atoms with E-state index in [0.29, 0.717) is 51.1 Å². The molecule has 2 fully saturated rings. The summed E-state index contributed by atoms with van der Waals surface area (Å²) in [7, 11) is 0. The van der Waals surface area contributed by atoms with E-state index in [1.54, 1.807) is 12.1 Å². The van der Waals surface area contributed by atoms with Crippen LogP contribution in [0.1, 0.15) is 165 Å². The van der Waals surface area contributed by atoms with Crippen LogP contribution >= 0.6 is 0 Å². The first-order valence-electron chi connectivity index (χ1n) is 32.7. The molecular formula is C72H102N6O9+2. The van der Waals surface area contributed by atoms with Crippen LogP contribution in [0, 0.1) is 13.8 Å². The number of phenols is 1. The number of ether oxygens (including phenoxy) is 5. The highest BCUT2D eigenvalue weighted by Gasteiger charge is 2.52. The first-order chi connectivity index (χ1) is 41.9. The largest absolute Gasteiger partial charge is 0.507 e. The summed E-state index contributed by atoms with van der Waals surface area (Å²) in [6, 6.07) is 25.7. The summed E-state index contributed by atoms with van der Waals surface area (Å²) >= 11 is 0. The number of benzene rings is 4. The minimum Gasteiger partial charge on any atom is -0.507 e. The van der Waals surface area contributed by atoms with Crippen molar-refractivity contribution in [3.8, 4) is 11.5 Å². The Balaban J connectivity index is 0.000000181. The minimum atomic E-state index is -0.111. The maximum Gasteiger partial charge on any atom is 0.305 e. The van der Waals surface area contributed by atoms with Gasteiger partial charge in [0.25, 0.3) is 0 Å². The standard InChI is InChI=1S/C34H44N3O3.C19H28N2O4.C19H30NO2/c1-5-39-32(38)9-7-6-8-15-35-17-19-36(20-18-35)26-12-11-25-22-27-30(40-31(25)23-26)14-16-37-29-13-10-24(2)21-28(29)34(3,4)33(27)37;1-2-25-19(24)6-4-3-5-9-20-10-12-21(13-11-20)17-8-7-16(15-22)18(23)14-17;1-7-21-18(22-8-2)11-12-20-15(4)19(5,6)16-13-14(3)9-10-17(16)20/h10-13,21-23,30H,5-9,14-20H2,1-4H3;7-8,14-15,23H,2-6,9-13H2,1H3;9-10,13,18H,7-8,11-12H2,1-6H3/q+1;;+1. The summed E-state index contributed by atoms with van der Waals surface area (Å²) in [6.45, 7) is 38.0. The van der Waals surface area contributed by atoms with Gasteiger partial charge in [0.05, 0.1) is 41.6 Å². The molecule has 0 saturated carbocycles. The van der Waals surface area contributed by atoms with Crippen LogP contribution in [0.25, 0.3) is 6.08 Å². The monoisotopic (exact) mass is 1190 g/mol. The number of esters is 2. The number of piperazine rings is 2. The average molecular weight is 1200 g/mol. The molecule has 0 amide bonds. The Morgan fingerprint density at radius 2 is 1.20 bits per heavy atom. The number of fused-ring (bicyclic) bond motifs is 6. The zero-order valence-corrected chi connectivity index (χ0v) is 54.5. The highest BCUT2D eigenvalue weighted by Crippen LogP contribution is 2.48. The Kier molecular flexibility index (Phi) is 23.9.